The lowest BCUT2D eigenvalue weighted by atomic mass is 9.92. The van der Waals surface area contributed by atoms with Crippen LogP contribution in [0.25, 0.3) is 0 Å². The van der Waals surface area contributed by atoms with Crippen molar-refractivity contribution < 1.29 is 13.2 Å². The lowest BCUT2D eigenvalue weighted by Crippen LogP contribution is -2.48. The Kier molecular flexibility index (Phi) is 5.84. The first-order valence-corrected chi connectivity index (χ1v) is 12.8. The van der Waals surface area contributed by atoms with Crippen LogP contribution in [-0.2, 0) is 12.7 Å². The zero-order valence-corrected chi connectivity index (χ0v) is 20.2. The highest BCUT2D eigenvalue weighted by Gasteiger charge is 2.43. The van der Waals surface area contributed by atoms with Gasteiger partial charge in [0, 0.05) is 43.4 Å². The zero-order valence-electron chi connectivity index (χ0n) is 20.2. The third-order valence-corrected chi connectivity index (χ3v) is 7.98. The molecule has 1 unspecified atom stereocenters. The van der Waals surface area contributed by atoms with Crippen molar-refractivity contribution in [3.8, 4) is 0 Å². The Morgan fingerprint density at radius 2 is 1.81 bits per heavy atom. The van der Waals surface area contributed by atoms with Gasteiger partial charge in [-0.15, -0.1) is 5.10 Å². The molecule has 36 heavy (non-hydrogen) atoms. The molecule has 1 aromatic carbocycles. The van der Waals surface area contributed by atoms with Gasteiger partial charge in [0.05, 0.1) is 5.56 Å². The molecule has 10 heteroatoms. The number of hydrogen-bond acceptors (Lipinski definition) is 6. The standard InChI is InChI=1S/C26H30F3N7/c1-16-11-22(31-15-30-16)35-13-18-8-9-19(14-35)23(18)32-25-33-24-21(7-2-3-10-36(24)34-25)17-5-4-6-20(12-17)26(27,28)29/h4-6,11-12,15,18-19,21,23H,2-3,7-10,13-14H2,1H3,(H,32,34)/t18-,19+,21?,23+. The predicted octanol–water partition coefficient (Wildman–Crippen LogP) is 5.04. The SMILES string of the molecule is Cc1cc(N2C[C@H]3CC[C@@H](C2)[C@H]3Nc2nc3n(n2)CCCCC3c2cccc(C(F)(F)F)c2)ncn1. The molecule has 7 nitrogen and oxygen atoms in total. The normalized spacial score (nSPS) is 25.9. The topological polar surface area (TPSA) is 71.8 Å². The van der Waals surface area contributed by atoms with Crippen molar-refractivity contribution in [1.29, 1.82) is 0 Å². The quantitative estimate of drug-likeness (QED) is 0.545. The maximum atomic E-state index is 13.4. The molecule has 3 aromatic rings. The summed E-state index contributed by atoms with van der Waals surface area (Å²) < 4.78 is 42.0. The average molecular weight is 498 g/mol. The highest BCUT2D eigenvalue weighted by molar-refractivity contribution is 5.42. The first-order valence-electron chi connectivity index (χ1n) is 12.8. The molecule has 2 fully saturated rings. The van der Waals surface area contributed by atoms with E-state index >= 15 is 0 Å². The van der Waals surface area contributed by atoms with Gasteiger partial charge in [-0.25, -0.2) is 14.6 Å². The van der Waals surface area contributed by atoms with Crippen molar-refractivity contribution in [2.24, 2.45) is 11.8 Å². The number of alkyl halides is 3. The van der Waals surface area contributed by atoms with E-state index in [4.69, 9.17) is 10.1 Å². The molecule has 1 saturated carbocycles. The Morgan fingerprint density at radius 1 is 1.00 bits per heavy atom. The summed E-state index contributed by atoms with van der Waals surface area (Å²) in [6.07, 6.45) is 2.18. The fourth-order valence-electron chi connectivity index (χ4n) is 6.23. The van der Waals surface area contributed by atoms with Gasteiger partial charge in [0.2, 0.25) is 5.95 Å². The van der Waals surface area contributed by atoms with Crippen LogP contribution < -0.4 is 10.2 Å². The van der Waals surface area contributed by atoms with Gasteiger partial charge >= 0.3 is 6.18 Å². The van der Waals surface area contributed by atoms with E-state index in [-0.39, 0.29) is 12.0 Å². The molecule has 2 aliphatic heterocycles. The molecule has 0 radical (unpaired) electrons. The third-order valence-electron chi connectivity index (χ3n) is 7.98. The predicted molar refractivity (Wildman–Crippen MR) is 130 cm³/mol. The smallest absolute Gasteiger partial charge is 0.356 e. The second-order valence-corrected chi connectivity index (χ2v) is 10.4. The van der Waals surface area contributed by atoms with E-state index in [9.17, 15) is 13.2 Å². The van der Waals surface area contributed by atoms with Crippen molar-refractivity contribution in [3.05, 3.63) is 59.3 Å². The molecular weight excluding hydrogens is 467 g/mol. The van der Waals surface area contributed by atoms with Crippen LogP contribution in [-0.4, -0.2) is 43.9 Å². The molecule has 0 spiro atoms. The Morgan fingerprint density at radius 3 is 2.56 bits per heavy atom. The number of anilines is 2. The molecule has 4 atom stereocenters. The van der Waals surface area contributed by atoms with Crippen molar-refractivity contribution in [2.45, 2.75) is 63.7 Å². The molecular formula is C26H30F3N7. The maximum absolute atomic E-state index is 13.4. The number of fused-ring (bicyclic) bond motifs is 3. The lowest BCUT2D eigenvalue weighted by Gasteiger charge is -2.38. The van der Waals surface area contributed by atoms with Crippen molar-refractivity contribution >= 4 is 11.8 Å². The zero-order chi connectivity index (χ0) is 24.9. The molecule has 1 N–H and O–H groups in total. The average Bonchev–Trinajstić information content (AvgIpc) is 3.25. The molecule has 3 aliphatic rings. The van der Waals surface area contributed by atoms with E-state index in [0.717, 1.165) is 75.1 Å². The van der Waals surface area contributed by atoms with Crippen molar-refractivity contribution in [1.82, 2.24) is 24.7 Å². The van der Waals surface area contributed by atoms with Crippen LogP contribution in [0.15, 0.2) is 36.7 Å². The van der Waals surface area contributed by atoms with E-state index in [1.54, 1.807) is 12.4 Å². The summed E-state index contributed by atoms with van der Waals surface area (Å²) in [5.41, 5.74) is 1.00. The van der Waals surface area contributed by atoms with E-state index in [2.05, 4.69) is 20.2 Å². The first kappa shape index (κ1) is 23.2. The van der Waals surface area contributed by atoms with Gasteiger partial charge in [-0.3, -0.25) is 0 Å². The second kappa shape index (κ2) is 9.05. The molecule has 4 heterocycles. The largest absolute Gasteiger partial charge is 0.416 e. The summed E-state index contributed by atoms with van der Waals surface area (Å²) in [7, 11) is 0. The van der Waals surface area contributed by atoms with E-state index < -0.39 is 11.7 Å². The van der Waals surface area contributed by atoms with Gasteiger partial charge in [0.15, 0.2) is 0 Å². The molecule has 6 rings (SSSR count). The number of benzene rings is 1. The molecule has 1 saturated heterocycles. The second-order valence-electron chi connectivity index (χ2n) is 10.4. The Labute approximate surface area is 208 Å². The van der Waals surface area contributed by atoms with Crippen LogP contribution in [0.1, 0.15) is 60.7 Å². The Hall–Kier alpha value is -3.17. The summed E-state index contributed by atoms with van der Waals surface area (Å²) in [6, 6.07) is 7.99. The number of aromatic nitrogens is 5. The molecule has 1 aliphatic carbocycles. The summed E-state index contributed by atoms with van der Waals surface area (Å²) in [6.45, 7) is 4.56. The molecule has 190 valence electrons. The summed E-state index contributed by atoms with van der Waals surface area (Å²) in [5, 5.41) is 8.40. The summed E-state index contributed by atoms with van der Waals surface area (Å²) >= 11 is 0. The first-order chi connectivity index (χ1) is 17.3. The lowest BCUT2D eigenvalue weighted by molar-refractivity contribution is -0.137. The number of rotatable bonds is 4. The molecule has 0 amide bonds. The fourth-order valence-corrected chi connectivity index (χ4v) is 6.23. The van der Waals surface area contributed by atoms with Gasteiger partial charge in [0.25, 0.3) is 0 Å². The van der Waals surface area contributed by atoms with Gasteiger partial charge in [-0.2, -0.15) is 18.2 Å². The highest BCUT2D eigenvalue weighted by Crippen LogP contribution is 2.40. The van der Waals surface area contributed by atoms with E-state index in [1.807, 2.05) is 17.7 Å². The highest BCUT2D eigenvalue weighted by atomic mass is 19.4. The summed E-state index contributed by atoms with van der Waals surface area (Å²) in [5.74, 6) is 3.06. The number of nitrogens with one attached hydrogen (secondary N) is 1. The molecule has 2 aromatic heterocycles. The van der Waals surface area contributed by atoms with Crippen molar-refractivity contribution in [2.75, 3.05) is 23.3 Å². The van der Waals surface area contributed by atoms with E-state index in [1.165, 1.54) is 12.1 Å². The minimum atomic E-state index is -4.36. The van der Waals surface area contributed by atoms with Crippen LogP contribution in [0.2, 0.25) is 0 Å². The van der Waals surface area contributed by atoms with Crippen LogP contribution in [0.3, 0.4) is 0 Å². The Bertz CT molecular complexity index is 1230. The van der Waals surface area contributed by atoms with Gasteiger partial charge in [-0.1, -0.05) is 24.6 Å². The molecule has 2 bridgehead atoms. The van der Waals surface area contributed by atoms with Gasteiger partial charge in [-0.05, 0) is 56.1 Å². The van der Waals surface area contributed by atoms with Crippen molar-refractivity contribution in [3.63, 3.8) is 0 Å². The maximum Gasteiger partial charge on any atom is 0.416 e. The van der Waals surface area contributed by atoms with Crippen LogP contribution in [0.5, 0.6) is 0 Å². The minimum Gasteiger partial charge on any atom is -0.356 e. The summed E-state index contributed by atoms with van der Waals surface area (Å²) in [4.78, 5) is 15.9. The monoisotopic (exact) mass is 497 g/mol. The van der Waals surface area contributed by atoms with E-state index in [0.29, 0.717) is 23.3 Å². The fraction of sp³-hybridized carbons (Fsp3) is 0.538. The number of nitrogens with zero attached hydrogens (tertiary/aromatic N) is 6. The number of halogens is 3. The van der Waals surface area contributed by atoms with Gasteiger partial charge in [0.1, 0.15) is 18.0 Å². The minimum absolute atomic E-state index is 0.197. The third kappa shape index (κ3) is 4.41. The van der Waals surface area contributed by atoms with Crippen LogP contribution in [0.4, 0.5) is 24.9 Å². The van der Waals surface area contributed by atoms with Gasteiger partial charge < -0.3 is 10.2 Å². The Balaban J connectivity index is 1.22. The number of aryl methyl sites for hydroxylation is 2. The van der Waals surface area contributed by atoms with Crippen LogP contribution in [0, 0.1) is 18.8 Å². The number of hydrogen-bond donors (Lipinski definition) is 1. The van der Waals surface area contributed by atoms with Crippen LogP contribution >= 0.6 is 0 Å². The number of piperidine rings is 1.